The third-order valence-corrected chi connectivity index (χ3v) is 3.86. The van der Waals surface area contributed by atoms with Gasteiger partial charge in [0.2, 0.25) is 5.91 Å². The number of likely N-dealkylation sites (N-methyl/N-ethyl adjacent to an activating group) is 1. The van der Waals surface area contributed by atoms with Crippen LogP contribution in [0, 0.1) is 11.8 Å². The molecule has 2 fully saturated rings. The van der Waals surface area contributed by atoms with E-state index in [2.05, 4.69) is 5.32 Å². The predicted octanol–water partition coefficient (Wildman–Crippen LogP) is 0.853. The minimum atomic E-state index is 0.118. The van der Waals surface area contributed by atoms with Crippen molar-refractivity contribution in [1.82, 2.24) is 10.2 Å². The standard InChI is InChI=1S/C11H20N2O/c1-3-13(2)11(14)10-9-6-4-5-8(9)7-12-10/h8-10,12H,3-7H2,1-2H3. The van der Waals surface area contributed by atoms with Crippen molar-refractivity contribution in [2.24, 2.45) is 11.8 Å². The lowest BCUT2D eigenvalue weighted by atomic mass is 9.93. The fraction of sp³-hybridized carbons (Fsp3) is 0.909. The van der Waals surface area contributed by atoms with Crippen LogP contribution in [0.2, 0.25) is 0 Å². The number of hydrogen-bond donors (Lipinski definition) is 1. The first kappa shape index (κ1) is 9.97. The molecule has 2 aliphatic rings. The van der Waals surface area contributed by atoms with Crippen LogP contribution >= 0.6 is 0 Å². The van der Waals surface area contributed by atoms with Gasteiger partial charge < -0.3 is 10.2 Å². The zero-order valence-corrected chi connectivity index (χ0v) is 9.12. The lowest BCUT2D eigenvalue weighted by Gasteiger charge is -2.23. The molecule has 1 aliphatic carbocycles. The molecule has 3 nitrogen and oxygen atoms in total. The zero-order chi connectivity index (χ0) is 10.1. The number of hydrogen-bond acceptors (Lipinski definition) is 2. The molecule has 3 atom stereocenters. The van der Waals surface area contributed by atoms with Crippen molar-refractivity contribution >= 4 is 5.91 Å². The Hall–Kier alpha value is -0.570. The Balaban J connectivity index is 2.01. The quantitative estimate of drug-likeness (QED) is 0.710. The van der Waals surface area contributed by atoms with Gasteiger partial charge in [-0.1, -0.05) is 6.42 Å². The normalized spacial score (nSPS) is 35.7. The van der Waals surface area contributed by atoms with Crippen LogP contribution in [0.15, 0.2) is 0 Å². The molecule has 1 heterocycles. The summed E-state index contributed by atoms with van der Waals surface area (Å²) in [5.74, 6) is 1.69. The van der Waals surface area contributed by atoms with Crippen LogP contribution in [0.5, 0.6) is 0 Å². The van der Waals surface area contributed by atoms with E-state index in [9.17, 15) is 4.79 Å². The third-order valence-electron chi connectivity index (χ3n) is 3.86. The fourth-order valence-corrected chi connectivity index (χ4v) is 2.85. The molecular weight excluding hydrogens is 176 g/mol. The largest absolute Gasteiger partial charge is 0.345 e. The van der Waals surface area contributed by atoms with E-state index in [1.807, 2.05) is 18.9 Å². The van der Waals surface area contributed by atoms with Gasteiger partial charge >= 0.3 is 0 Å². The number of rotatable bonds is 2. The maximum absolute atomic E-state index is 12.0. The lowest BCUT2D eigenvalue weighted by Crippen LogP contribution is -2.44. The number of amides is 1. The van der Waals surface area contributed by atoms with E-state index < -0.39 is 0 Å². The molecule has 0 aromatic heterocycles. The predicted molar refractivity (Wildman–Crippen MR) is 55.9 cm³/mol. The highest BCUT2D eigenvalue weighted by atomic mass is 16.2. The van der Waals surface area contributed by atoms with Crippen molar-refractivity contribution in [3.8, 4) is 0 Å². The zero-order valence-electron chi connectivity index (χ0n) is 9.12. The minimum absolute atomic E-state index is 0.118. The fourth-order valence-electron chi connectivity index (χ4n) is 2.85. The van der Waals surface area contributed by atoms with Gasteiger partial charge in [0.1, 0.15) is 0 Å². The molecule has 80 valence electrons. The molecule has 1 N–H and O–H groups in total. The Morgan fingerprint density at radius 3 is 3.00 bits per heavy atom. The highest BCUT2D eigenvalue weighted by molar-refractivity contribution is 5.82. The summed E-state index contributed by atoms with van der Waals surface area (Å²) in [6, 6.07) is 0.118. The van der Waals surface area contributed by atoms with Gasteiger partial charge in [-0.3, -0.25) is 4.79 Å². The molecule has 0 aromatic rings. The van der Waals surface area contributed by atoms with Gasteiger partial charge in [0.05, 0.1) is 6.04 Å². The number of fused-ring (bicyclic) bond motifs is 1. The Labute approximate surface area is 85.8 Å². The van der Waals surface area contributed by atoms with Crippen molar-refractivity contribution in [3.63, 3.8) is 0 Å². The molecule has 1 aliphatic heterocycles. The second-order valence-electron chi connectivity index (χ2n) is 4.59. The highest BCUT2D eigenvalue weighted by Gasteiger charge is 2.42. The van der Waals surface area contributed by atoms with Crippen LogP contribution in [0.25, 0.3) is 0 Å². The lowest BCUT2D eigenvalue weighted by molar-refractivity contribution is -0.132. The molecule has 2 rings (SSSR count). The summed E-state index contributed by atoms with van der Waals surface area (Å²) in [5, 5.41) is 3.38. The van der Waals surface area contributed by atoms with Crippen molar-refractivity contribution in [1.29, 1.82) is 0 Å². The van der Waals surface area contributed by atoms with Gasteiger partial charge in [0, 0.05) is 13.6 Å². The average Bonchev–Trinajstić information content (AvgIpc) is 2.76. The van der Waals surface area contributed by atoms with Gasteiger partial charge in [-0.25, -0.2) is 0 Å². The molecule has 1 saturated heterocycles. The number of carbonyl (C=O) groups excluding carboxylic acids is 1. The molecule has 0 radical (unpaired) electrons. The van der Waals surface area contributed by atoms with Gasteiger partial charge in [-0.2, -0.15) is 0 Å². The van der Waals surface area contributed by atoms with Crippen LogP contribution in [-0.4, -0.2) is 37.0 Å². The molecule has 0 spiro atoms. The van der Waals surface area contributed by atoms with E-state index in [0.717, 1.165) is 19.0 Å². The van der Waals surface area contributed by atoms with E-state index >= 15 is 0 Å². The Kier molecular flexibility index (Phi) is 2.77. The molecule has 3 unspecified atom stereocenters. The van der Waals surface area contributed by atoms with Gasteiger partial charge in [0.15, 0.2) is 0 Å². The van der Waals surface area contributed by atoms with Crippen LogP contribution in [0.1, 0.15) is 26.2 Å². The molecule has 1 saturated carbocycles. The van der Waals surface area contributed by atoms with Crippen LogP contribution in [0.4, 0.5) is 0 Å². The van der Waals surface area contributed by atoms with Crippen molar-refractivity contribution in [2.45, 2.75) is 32.2 Å². The van der Waals surface area contributed by atoms with Crippen LogP contribution in [-0.2, 0) is 4.79 Å². The number of carbonyl (C=O) groups is 1. The van der Waals surface area contributed by atoms with E-state index in [-0.39, 0.29) is 6.04 Å². The number of nitrogens with zero attached hydrogens (tertiary/aromatic N) is 1. The highest BCUT2D eigenvalue weighted by Crippen LogP contribution is 2.38. The number of nitrogens with one attached hydrogen (secondary N) is 1. The molecule has 0 aromatic carbocycles. The Morgan fingerprint density at radius 1 is 1.50 bits per heavy atom. The SMILES string of the molecule is CCN(C)C(=O)C1NCC2CCCC21. The molecule has 14 heavy (non-hydrogen) atoms. The summed E-state index contributed by atoms with van der Waals surface area (Å²) < 4.78 is 0. The van der Waals surface area contributed by atoms with Crippen LogP contribution in [0.3, 0.4) is 0 Å². The molecular formula is C11H20N2O. The summed E-state index contributed by atoms with van der Waals surface area (Å²) >= 11 is 0. The summed E-state index contributed by atoms with van der Waals surface area (Å²) in [7, 11) is 1.90. The summed E-state index contributed by atoms with van der Waals surface area (Å²) in [4.78, 5) is 13.8. The first-order chi connectivity index (χ1) is 6.74. The summed E-state index contributed by atoms with van der Waals surface area (Å²) in [5.41, 5.74) is 0. The molecule has 1 amide bonds. The molecule has 0 bridgehead atoms. The smallest absolute Gasteiger partial charge is 0.239 e. The van der Waals surface area contributed by atoms with E-state index in [1.54, 1.807) is 0 Å². The van der Waals surface area contributed by atoms with Gasteiger partial charge in [-0.15, -0.1) is 0 Å². The van der Waals surface area contributed by atoms with Crippen molar-refractivity contribution < 1.29 is 4.79 Å². The van der Waals surface area contributed by atoms with E-state index in [0.29, 0.717) is 11.8 Å². The van der Waals surface area contributed by atoms with E-state index in [4.69, 9.17) is 0 Å². The van der Waals surface area contributed by atoms with Gasteiger partial charge in [0.25, 0.3) is 0 Å². The Morgan fingerprint density at radius 2 is 2.29 bits per heavy atom. The molecule has 3 heteroatoms. The summed E-state index contributed by atoms with van der Waals surface area (Å²) in [6.45, 7) is 3.89. The van der Waals surface area contributed by atoms with E-state index in [1.165, 1.54) is 19.3 Å². The first-order valence-electron chi connectivity index (χ1n) is 5.72. The Bertz CT molecular complexity index is 229. The second kappa shape index (κ2) is 3.89. The van der Waals surface area contributed by atoms with Gasteiger partial charge in [-0.05, 0) is 38.1 Å². The van der Waals surface area contributed by atoms with Crippen molar-refractivity contribution in [2.75, 3.05) is 20.1 Å². The second-order valence-corrected chi connectivity index (χ2v) is 4.59. The minimum Gasteiger partial charge on any atom is -0.345 e. The summed E-state index contributed by atoms with van der Waals surface area (Å²) in [6.07, 6.45) is 3.87. The average molecular weight is 196 g/mol. The first-order valence-corrected chi connectivity index (χ1v) is 5.72. The van der Waals surface area contributed by atoms with Crippen LogP contribution < -0.4 is 5.32 Å². The maximum atomic E-state index is 12.0. The third kappa shape index (κ3) is 1.54. The monoisotopic (exact) mass is 196 g/mol. The maximum Gasteiger partial charge on any atom is 0.239 e. The topological polar surface area (TPSA) is 32.3 Å². The van der Waals surface area contributed by atoms with Crippen molar-refractivity contribution in [3.05, 3.63) is 0 Å².